The second-order valence-electron chi connectivity index (χ2n) is 4.06. The quantitative estimate of drug-likeness (QED) is 0.537. The molecule has 1 aliphatic carbocycles. The molecule has 4 heteroatoms. The second kappa shape index (κ2) is 4.72. The van der Waals surface area contributed by atoms with Crippen molar-refractivity contribution in [2.24, 2.45) is 0 Å². The van der Waals surface area contributed by atoms with Crippen molar-refractivity contribution in [1.29, 1.82) is 0 Å². The van der Waals surface area contributed by atoms with Crippen LogP contribution in [0.2, 0.25) is 0 Å². The molecule has 0 aliphatic heterocycles. The third kappa shape index (κ3) is 2.13. The van der Waals surface area contributed by atoms with Crippen molar-refractivity contribution < 1.29 is 15.1 Å². The van der Waals surface area contributed by atoms with E-state index < -0.39 is 0 Å². The van der Waals surface area contributed by atoms with Gasteiger partial charge in [-0.1, -0.05) is 6.07 Å². The summed E-state index contributed by atoms with van der Waals surface area (Å²) in [6.07, 6.45) is 2.49. The Kier molecular flexibility index (Phi) is 3.31. The van der Waals surface area contributed by atoms with Crippen molar-refractivity contribution in [3.63, 3.8) is 0 Å². The van der Waals surface area contributed by atoms with Gasteiger partial charge in [0.05, 0.1) is 6.61 Å². The van der Waals surface area contributed by atoms with Gasteiger partial charge in [0.15, 0.2) is 11.5 Å². The topological polar surface area (TPSA) is 61.7 Å². The normalized spacial score (nSPS) is 19.4. The van der Waals surface area contributed by atoms with Crippen molar-refractivity contribution in [3.8, 4) is 11.5 Å². The lowest BCUT2D eigenvalue weighted by Gasteiger charge is -2.25. The van der Waals surface area contributed by atoms with Gasteiger partial charge in [0.25, 0.3) is 0 Å². The van der Waals surface area contributed by atoms with Gasteiger partial charge in [-0.15, -0.1) is 0 Å². The minimum Gasteiger partial charge on any atom is -0.504 e. The van der Waals surface area contributed by atoms with Crippen LogP contribution in [0.3, 0.4) is 0 Å². The minimum absolute atomic E-state index is 0.0324. The lowest BCUT2D eigenvalue weighted by molar-refractivity contribution is 0.0211. The highest BCUT2D eigenvalue weighted by atomic mass is 16.6. The zero-order valence-electron chi connectivity index (χ0n) is 9.36. The van der Waals surface area contributed by atoms with Gasteiger partial charge in [0.1, 0.15) is 0 Å². The van der Waals surface area contributed by atoms with Gasteiger partial charge in [-0.05, 0) is 37.8 Å². The van der Waals surface area contributed by atoms with E-state index in [1.165, 1.54) is 6.07 Å². The maximum Gasteiger partial charge on any atom is 0.160 e. The number of hydroxylamine groups is 1. The Bertz CT molecular complexity index is 379. The predicted octanol–water partition coefficient (Wildman–Crippen LogP) is 1.50. The molecule has 0 bridgehead atoms. The predicted molar refractivity (Wildman–Crippen MR) is 60.3 cm³/mol. The molecule has 0 heterocycles. The molecule has 1 atom stereocenters. The van der Waals surface area contributed by atoms with E-state index in [0.29, 0.717) is 6.61 Å². The summed E-state index contributed by atoms with van der Waals surface area (Å²) in [5.41, 5.74) is 4.95. The molecule has 0 saturated carbocycles. The first-order chi connectivity index (χ1) is 7.72. The highest BCUT2D eigenvalue weighted by molar-refractivity contribution is 5.50. The summed E-state index contributed by atoms with van der Waals surface area (Å²) in [7, 11) is 0. The maximum absolute atomic E-state index is 9.70. The van der Waals surface area contributed by atoms with E-state index in [0.717, 1.165) is 30.4 Å². The van der Waals surface area contributed by atoms with Gasteiger partial charge in [-0.25, -0.2) is 0 Å². The summed E-state index contributed by atoms with van der Waals surface area (Å²) in [5.74, 6) is 0.00215. The zero-order chi connectivity index (χ0) is 11.5. The molecule has 88 valence electrons. The largest absolute Gasteiger partial charge is 0.504 e. The molecule has 0 spiro atoms. The van der Waals surface area contributed by atoms with Crippen molar-refractivity contribution in [1.82, 2.24) is 5.48 Å². The number of fused-ring (bicyclic) bond motifs is 1. The summed E-state index contributed by atoms with van der Waals surface area (Å²) in [4.78, 5) is 5.18. The smallest absolute Gasteiger partial charge is 0.160 e. The molecule has 1 unspecified atom stereocenters. The Hall–Kier alpha value is -1.26. The fraction of sp³-hybridized carbons (Fsp3) is 0.500. The fourth-order valence-electron chi connectivity index (χ4n) is 2.12. The van der Waals surface area contributed by atoms with E-state index >= 15 is 0 Å². The van der Waals surface area contributed by atoms with Gasteiger partial charge in [0, 0.05) is 11.6 Å². The van der Waals surface area contributed by atoms with Gasteiger partial charge in [-0.2, -0.15) is 5.48 Å². The molecule has 4 nitrogen and oxygen atoms in total. The third-order valence-corrected chi connectivity index (χ3v) is 2.96. The molecule has 0 amide bonds. The third-order valence-electron chi connectivity index (χ3n) is 2.96. The lowest BCUT2D eigenvalue weighted by atomic mass is 9.88. The molecule has 3 N–H and O–H groups in total. The first kappa shape index (κ1) is 11.2. The zero-order valence-corrected chi connectivity index (χ0v) is 9.36. The first-order valence-electron chi connectivity index (χ1n) is 5.62. The van der Waals surface area contributed by atoms with E-state index in [4.69, 9.17) is 4.84 Å². The first-order valence-corrected chi connectivity index (χ1v) is 5.62. The number of aromatic hydroxyl groups is 2. The average Bonchev–Trinajstić information content (AvgIpc) is 2.31. The van der Waals surface area contributed by atoms with E-state index in [1.54, 1.807) is 0 Å². The van der Waals surface area contributed by atoms with Gasteiger partial charge < -0.3 is 15.1 Å². The van der Waals surface area contributed by atoms with Crippen LogP contribution in [0.5, 0.6) is 11.5 Å². The number of phenols is 2. The van der Waals surface area contributed by atoms with Crippen LogP contribution in [-0.2, 0) is 17.7 Å². The van der Waals surface area contributed by atoms with Crippen LogP contribution >= 0.6 is 0 Å². The van der Waals surface area contributed by atoms with Gasteiger partial charge >= 0.3 is 0 Å². The molecule has 0 aromatic heterocycles. The van der Waals surface area contributed by atoms with Crippen molar-refractivity contribution in [3.05, 3.63) is 23.3 Å². The van der Waals surface area contributed by atoms with Crippen LogP contribution in [0.4, 0.5) is 0 Å². The van der Waals surface area contributed by atoms with E-state index in [1.807, 2.05) is 13.0 Å². The average molecular weight is 223 g/mol. The highest BCUT2D eigenvalue weighted by Gasteiger charge is 2.22. The number of rotatable bonds is 3. The van der Waals surface area contributed by atoms with Crippen LogP contribution in [-0.4, -0.2) is 22.9 Å². The molecule has 0 saturated heterocycles. The summed E-state index contributed by atoms with van der Waals surface area (Å²) < 4.78 is 0. The molecule has 1 aromatic carbocycles. The Morgan fingerprint density at radius 3 is 3.00 bits per heavy atom. The number of phenolic OH excluding ortho intramolecular Hbond substituents is 2. The van der Waals surface area contributed by atoms with Gasteiger partial charge in [-0.3, -0.25) is 0 Å². The van der Waals surface area contributed by atoms with Gasteiger partial charge in [0.2, 0.25) is 0 Å². The minimum atomic E-state index is -0.0324. The summed E-state index contributed by atoms with van der Waals surface area (Å²) >= 11 is 0. The number of benzene rings is 1. The van der Waals surface area contributed by atoms with Crippen molar-refractivity contribution >= 4 is 0 Å². The lowest BCUT2D eigenvalue weighted by Crippen LogP contribution is -2.34. The Labute approximate surface area is 94.8 Å². The molecular weight excluding hydrogens is 206 g/mol. The van der Waals surface area contributed by atoms with Crippen molar-refractivity contribution in [2.45, 2.75) is 32.2 Å². The molecule has 1 aliphatic rings. The van der Waals surface area contributed by atoms with Crippen LogP contribution in [0.25, 0.3) is 0 Å². The fourth-order valence-corrected chi connectivity index (χ4v) is 2.12. The maximum atomic E-state index is 9.70. The second-order valence-corrected chi connectivity index (χ2v) is 4.06. The molecular formula is C12H17NO3. The van der Waals surface area contributed by atoms with E-state index in [9.17, 15) is 10.2 Å². The summed E-state index contributed by atoms with van der Waals surface area (Å²) in [6, 6.07) is 3.69. The monoisotopic (exact) mass is 223 g/mol. The van der Waals surface area contributed by atoms with Crippen molar-refractivity contribution in [2.75, 3.05) is 6.61 Å². The Balaban J connectivity index is 2.13. The van der Waals surface area contributed by atoms with Crippen LogP contribution in [0.15, 0.2) is 12.1 Å². The van der Waals surface area contributed by atoms with Crippen LogP contribution in [0.1, 0.15) is 24.5 Å². The molecule has 2 rings (SSSR count). The van der Waals surface area contributed by atoms with E-state index in [2.05, 4.69) is 5.48 Å². The standard InChI is InChI=1S/C12H17NO3/c1-2-16-13-9-4-5-10-8(7-9)3-6-11(14)12(10)15/h3,6,9,13-15H,2,4-5,7H2,1H3. The summed E-state index contributed by atoms with van der Waals surface area (Å²) in [6.45, 7) is 2.58. The summed E-state index contributed by atoms with van der Waals surface area (Å²) in [5, 5.41) is 19.1. The SMILES string of the molecule is CCONC1CCc2c(ccc(O)c2O)C1. The molecule has 16 heavy (non-hydrogen) atoms. The van der Waals surface area contributed by atoms with Crippen LogP contribution < -0.4 is 5.48 Å². The Morgan fingerprint density at radius 1 is 1.44 bits per heavy atom. The molecule has 0 radical (unpaired) electrons. The number of nitrogens with one attached hydrogen (secondary N) is 1. The molecule has 1 aromatic rings. The van der Waals surface area contributed by atoms with E-state index in [-0.39, 0.29) is 17.5 Å². The Morgan fingerprint density at radius 2 is 2.25 bits per heavy atom. The highest BCUT2D eigenvalue weighted by Crippen LogP contribution is 2.35. The number of hydrogen-bond donors (Lipinski definition) is 3. The number of hydrogen-bond acceptors (Lipinski definition) is 4. The molecule has 0 fully saturated rings. The van der Waals surface area contributed by atoms with Crippen LogP contribution in [0, 0.1) is 0 Å².